The highest BCUT2D eigenvalue weighted by Gasteiger charge is 2.61. The largest absolute Gasteiger partial charge is 0.459 e. The number of likely N-dealkylation sites (tertiary alicyclic amines) is 1. The summed E-state index contributed by atoms with van der Waals surface area (Å²) in [7, 11) is -5.38. The number of nitrogens with zero attached hydrogens (tertiary/aromatic N) is 1. The molecule has 0 spiro atoms. The molecule has 1 aromatic heterocycles. The first kappa shape index (κ1) is 26.6. The Labute approximate surface area is 212 Å². The molecule has 2 aromatic rings. The van der Waals surface area contributed by atoms with E-state index >= 15 is 0 Å². The molecule has 2 saturated heterocycles. The van der Waals surface area contributed by atoms with Crippen LogP contribution in [0, 0.1) is 0 Å². The third kappa shape index (κ3) is 4.46. The standard InChI is InChI=1S/C27H43NO5Si2/c1-17(2)34(18(3)4)30-16-24-27(32-35(33-34,19(5)6)20(7)8)15-23(28(24)21(9)29)26-14-22-12-10-11-13-25(22)31-26/h10-14,17-20,23-24,27H,15-16H2,1-9H3/t23?,24-,27-/m0/s1. The van der Waals surface area contributed by atoms with Crippen molar-refractivity contribution in [3.63, 3.8) is 0 Å². The molecule has 0 bridgehead atoms. The lowest BCUT2D eigenvalue weighted by molar-refractivity contribution is -0.134. The summed E-state index contributed by atoms with van der Waals surface area (Å²) in [5.41, 5.74) is 1.89. The van der Waals surface area contributed by atoms with Crippen LogP contribution in [0.2, 0.25) is 22.2 Å². The second kappa shape index (κ2) is 9.78. The molecule has 1 unspecified atom stereocenters. The van der Waals surface area contributed by atoms with Crippen molar-refractivity contribution in [3.05, 3.63) is 36.1 Å². The first-order valence-electron chi connectivity index (χ1n) is 13.2. The monoisotopic (exact) mass is 517 g/mol. The number of para-hydroxylation sites is 1. The van der Waals surface area contributed by atoms with Crippen molar-refractivity contribution in [1.29, 1.82) is 0 Å². The maximum atomic E-state index is 13.1. The molecule has 3 atom stereocenters. The summed E-state index contributed by atoms with van der Waals surface area (Å²) in [5.74, 6) is 0.842. The van der Waals surface area contributed by atoms with E-state index in [9.17, 15) is 4.79 Å². The molecular formula is C27H43NO5Si2. The van der Waals surface area contributed by atoms with Crippen LogP contribution in [-0.4, -0.2) is 46.7 Å². The van der Waals surface area contributed by atoms with Gasteiger partial charge in [-0.1, -0.05) is 73.6 Å². The number of furan rings is 1. The zero-order valence-corrected chi connectivity index (χ0v) is 24.8. The van der Waals surface area contributed by atoms with E-state index in [0.717, 1.165) is 16.7 Å². The quantitative estimate of drug-likeness (QED) is 0.398. The van der Waals surface area contributed by atoms with Crippen LogP contribution in [-0.2, 0) is 17.8 Å². The van der Waals surface area contributed by atoms with Crippen molar-refractivity contribution in [2.45, 2.75) is 109 Å². The van der Waals surface area contributed by atoms with Crippen LogP contribution in [0.25, 0.3) is 11.0 Å². The van der Waals surface area contributed by atoms with Gasteiger partial charge in [0.25, 0.3) is 0 Å². The number of carbonyl (C=O) groups excluding carboxylic acids is 1. The van der Waals surface area contributed by atoms with E-state index in [-0.39, 0.29) is 46.3 Å². The highest BCUT2D eigenvalue weighted by molar-refractivity contribution is 6.84. The zero-order valence-electron chi connectivity index (χ0n) is 22.8. The van der Waals surface area contributed by atoms with Crippen LogP contribution in [0.5, 0.6) is 0 Å². The first-order chi connectivity index (χ1) is 16.4. The predicted molar refractivity (Wildman–Crippen MR) is 144 cm³/mol. The summed E-state index contributed by atoms with van der Waals surface area (Å²) in [6, 6.07) is 9.73. The maximum Gasteiger partial charge on any atom is 0.335 e. The Morgan fingerprint density at radius 3 is 2.09 bits per heavy atom. The summed E-state index contributed by atoms with van der Waals surface area (Å²) >= 11 is 0. The molecule has 4 rings (SSSR count). The van der Waals surface area contributed by atoms with E-state index in [4.69, 9.17) is 17.4 Å². The fourth-order valence-electron chi connectivity index (χ4n) is 6.25. The van der Waals surface area contributed by atoms with E-state index in [0.29, 0.717) is 13.0 Å². The highest BCUT2D eigenvalue weighted by atomic mass is 28.5. The molecule has 6 nitrogen and oxygen atoms in total. The molecule has 0 saturated carbocycles. The van der Waals surface area contributed by atoms with Gasteiger partial charge >= 0.3 is 17.1 Å². The topological polar surface area (TPSA) is 61.1 Å². The Morgan fingerprint density at radius 1 is 0.943 bits per heavy atom. The van der Waals surface area contributed by atoms with Crippen molar-refractivity contribution >= 4 is 34.0 Å². The molecule has 8 heteroatoms. The Morgan fingerprint density at radius 2 is 1.54 bits per heavy atom. The third-order valence-corrected chi connectivity index (χ3v) is 18.3. The van der Waals surface area contributed by atoms with Crippen molar-refractivity contribution in [2.24, 2.45) is 0 Å². The SMILES string of the molecule is CC(=O)N1C(c2cc3ccccc3o2)C[C@@H]2O[Si](C(C)C)(C(C)C)O[Si](C(C)C)(C(C)C)OC[C@@H]21. The minimum atomic E-state index is -2.73. The van der Waals surface area contributed by atoms with Gasteiger partial charge in [-0.25, -0.2) is 0 Å². The second-order valence-corrected chi connectivity index (χ2v) is 20.4. The minimum Gasteiger partial charge on any atom is -0.459 e. The van der Waals surface area contributed by atoms with Crippen LogP contribution < -0.4 is 0 Å². The zero-order chi connectivity index (χ0) is 25.7. The van der Waals surface area contributed by atoms with Gasteiger partial charge in [0.1, 0.15) is 11.3 Å². The van der Waals surface area contributed by atoms with Crippen LogP contribution in [0.3, 0.4) is 0 Å². The average molecular weight is 518 g/mol. The van der Waals surface area contributed by atoms with Gasteiger partial charge in [-0.3, -0.25) is 4.79 Å². The number of rotatable bonds is 5. The number of hydrogen-bond acceptors (Lipinski definition) is 5. The first-order valence-corrected chi connectivity index (χ1v) is 17.2. The Hall–Kier alpha value is -1.46. The summed E-state index contributed by atoms with van der Waals surface area (Å²) in [5, 5.41) is 1.05. The minimum absolute atomic E-state index is 0.0272. The summed E-state index contributed by atoms with van der Waals surface area (Å²) < 4.78 is 27.7. The molecular weight excluding hydrogens is 474 g/mol. The Kier molecular flexibility index (Phi) is 7.43. The van der Waals surface area contributed by atoms with Gasteiger partial charge in [0, 0.05) is 18.7 Å². The van der Waals surface area contributed by atoms with Gasteiger partial charge in [-0.2, -0.15) is 0 Å². The predicted octanol–water partition coefficient (Wildman–Crippen LogP) is 7.05. The highest BCUT2D eigenvalue weighted by Crippen LogP contribution is 2.50. The van der Waals surface area contributed by atoms with Crippen LogP contribution >= 0.6 is 0 Å². The molecule has 3 heterocycles. The van der Waals surface area contributed by atoms with Crippen LogP contribution in [0.1, 0.15) is 80.5 Å². The molecule has 0 aliphatic carbocycles. The summed E-state index contributed by atoms with van der Waals surface area (Å²) in [6.07, 6.45) is 0.531. The fraction of sp³-hybridized carbons (Fsp3) is 0.667. The second-order valence-electron chi connectivity index (χ2n) is 11.6. The van der Waals surface area contributed by atoms with E-state index in [1.165, 1.54) is 0 Å². The lowest BCUT2D eigenvalue weighted by Crippen LogP contribution is -2.65. The molecule has 0 N–H and O–H groups in total. The summed E-state index contributed by atoms with van der Waals surface area (Å²) in [4.78, 5) is 15.1. The number of benzene rings is 1. The van der Waals surface area contributed by atoms with Crippen molar-refractivity contribution in [3.8, 4) is 0 Å². The molecule has 35 heavy (non-hydrogen) atoms. The van der Waals surface area contributed by atoms with Gasteiger partial charge in [0.05, 0.1) is 24.8 Å². The van der Waals surface area contributed by atoms with Gasteiger partial charge in [0.15, 0.2) is 0 Å². The lowest BCUT2D eigenvalue weighted by Gasteiger charge is -2.51. The number of fused-ring (bicyclic) bond motifs is 2. The van der Waals surface area contributed by atoms with Gasteiger partial charge in [0.2, 0.25) is 5.91 Å². The third-order valence-electron chi connectivity index (χ3n) is 8.07. The molecule has 2 fully saturated rings. The van der Waals surface area contributed by atoms with E-state index in [1.807, 2.05) is 29.2 Å². The number of hydrogen-bond donors (Lipinski definition) is 0. The number of carbonyl (C=O) groups is 1. The van der Waals surface area contributed by atoms with Crippen LogP contribution in [0.15, 0.2) is 34.7 Å². The van der Waals surface area contributed by atoms with Gasteiger partial charge in [-0.05, 0) is 34.3 Å². The lowest BCUT2D eigenvalue weighted by atomic mass is 10.1. The summed E-state index contributed by atoms with van der Waals surface area (Å²) in [6.45, 7) is 19.9. The Balaban J connectivity index is 1.81. The smallest absolute Gasteiger partial charge is 0.335 e. The molecule has 2 aliphatic rings. The van der Waals surface area contributed by atoms with Crippen molar-refractivity contribution in [1.82, 2.24) is 4.90 Å². The average Bonchev–Trinajstić information content (AvgIpc) is 3.34. The normalized spacial score (nSPS) is 26.5. The number of amides is 1. The molecule has 2 aliphatic heterocycles. The van der Waals surface area contributed by atoms with Gasteiger partial charge in [-0.15, -0.1) is 0 Å². The Bertz CT molecular complexity index is 1000. The van der Waals surface area contributed by atoms with Gasteiger partial charge < -0.3 is 22.3 Å². The van der Waals surface area contributed by atoms with E-state index < -0.39 is 17.1 Å². The van der Waals surface area contributed by atoms with Crippen molar-refractivity contribution in [2.75, 3.05) is 6.61 Å². The maximum absolute atomic E-state index is 13.1. The van der Waals surface area contributed by atoms with E-state index in [2.05, 4.69) is 61.5 Å². The van der Waals surface area contributed by atoms with Crippen LogP contribution in [0.4, 0.5) is 0 Å². The molecule has 1 amide bonds. The fourth-order valence-corrected chi connectivity index (χ4v) is 17.5. The molecule has 0 radical (unpaired) electrons. The molecule has 194 valence electrons. The van der Waals surface area contributed by atoms with Crippen molar-refractivity contribution < 1.29 is 22.2 Å². The van der Waals surface area contributed by atoms with E-state index in [1.54, 1.807) is 6.92 Å². The molecule has 1 aromatic carbocycles.